The Bertz CT molecular complexity index is 677. The lowest BCUT2D eigenvalue weighted by atomic mass is 9.95. The van der Waals surface area contributed by atoms with Crippen molar-refractivity contribution in [3.05, 3.63) is 29.8 Å². The lowest BCUT2D eigenvalue weighted by Gasteiger charge is -2.24. The van der Waals surface area contributed by atoms with Gasteiger partial charge in [0.1, 0.15) is 5.60 Å². The van der Waals surface area contributed by atoms with Crippen LogP contribution in [0.25, 0.3) is 0 Å². The topological polar surface area (TPSA) is 89.7 Å². The van der Waals surface area contributed by atoms with Crippen LogP contribution in [0.5, 0.6) is 0 Å². The summed E-state index contributed by atoms with van der Waals surface area (Å²) in [4.78, 5) is 14.0. The number of carbonyl (C=O) groups excluding carboxylic acids is 1. The van der Waals surface area contributed by atoms with Crippen molar-refractivity contribution in [1.82, 2.24) is 4.90 Å². The normalized spacial score (nSPS) is 22.2. The third kappa shape index (κ3) is 4.45. The van der Waals surface area contributed by atoms with E-state index in [2.05, 4.69) is 0 Å². The smallest absolute Gasteiger partial charge is 0.410 e. The largest absolute Gasteiger partial charge is 0.444 e. The van der Waals surface area contributed by atoms with Crippen LogP contribution in [0.1, 0.15) is 32.3 Å². The van der Waals surface area contributed by atoms with Crippen molar-refractivity contribution >= 4 is 15.9 Å². The number of hydrogen-bond acceptors (Lipinski definition) is 5. The van der Waals surface area contributed by atoms with Crippen molar-refractivity contribution in [2.45, 2.75) is 43.2 Å². The number of ether oxygens (including phenoxy) is 1. The summed E-state index contributed by atoms with van der Waals surface area (Å²) < 4.78 is 28.4. The molecule has 7 heteroatoms. The summed E-state index contributed by atoms with van der Waals surface area (Å²) in [5.41, 5.74) is 6.54. The van der Waals surface area contributed by atoms with E-state index in [0.717, 1.165) is 5.56 Å². The molecule has 128 valence electrons. The van der Waals surface area contributed by atoms with Crippen molar-refractivity contribution < 1.29 is 17.9 Å². The summed E-state index contributed by atoms with van der Waals surface area (Å²) in [5.74, 6) is -0.0314. The summed E-state index contributed by atoms with van der Waals surface area (Å²) in [7, 11) is -3.22. The van der Waals surface area contributed by atoms with Crippen molar-refractivity contribution in [1.29, 1.82) is 0 Å². The maximum absolute atomic E-state index is 12.1. The second kappa shape index (κ2) is 6.13. The van der Waals surface area contributed by atoms with Crippen LogP contribution >= 0.6 is 0 Å². The molecule has 1 fully saturated rings. The van der Waals surface area contributed by atoms with E-state index >= 15 is 0 Å². The van der Waals surface area contributed by atoms with Gasteiger partial charge in [-0.15, -0.1) is 0 Å². The van der Waals surface area contributed by atoms with Crippen LogP contribution in [0.3, 0.4) is 0 Å². The first-order valence-electron chi connectivity index (χ1n) is 7.51. The maximum atomic E-state index is 12.1. The monoisotopic (exact) mass is 340 g/mol. The summed E-state index contributed by atoms with van der Waals surface area (Å²) in [6, 6.07) is 6.48. The molecule has 0 bridgehead atoms. The number of amides is 1. The van der Waals surface area contributed by atoms with Crippen molar-refractivity contribution in [2.24, 2.45) is 5.73 Å². The molecule has 6 nitrogen and oxygen atoms in total. The van der Waals surface area contributed by atoms with Crippen LogP contribution in [0.15, 0.2) is 29.2 Å². The fraction of sp³-hybridized carbons (Fsp3) is 0.562. The van der Waals surface area contributed by atoms with E-state index in [-0.39, 0.29) is 22.9 Å². The van der Waals surface area contributed by atoms with Gasteiger partial charge in [0.15, 0.2) is 9.84 Å². The molecular weight excluding hydrogens is 316 g/mol. The molecule has 0 saturated carbocycles. The molecule has 0 aromatic heterocycles. The number of hydrogen-bond donors (Lipinski definition) is 1. The van der Waals surface area contributed by atoms with Crippen LogP contribution in [-0.4, -0.2) is 50.4 Å². The average molecular weight is 340 g/mol. The zero-order chi connectivity index (χ0) is 17.4. The Morgan fingerprint density at radius 1 is 1.22 bits per heavy atom. The standard InChI is InChI=1S/C16H24N2O4S/c1-16(2,3)22-15(19)18-9-13(14(17)10-18)11-5-7-12(8-6-11)23(4,20)21/h5-8,13-14H,9-10,17H2,1-4H3. The number of nitrogens with two attached hydrogens (primary N) is 1. The van der Waals surface area contributed by atoms with Crippen LogP contribution in [-0.2, 0) is 14.6 Å². The van der Waals surface area contributed by atoms with Gasteiger partial charge in [0, 0.05) is 31.3 Å². The molecule has 1 amide bonds. The number of rotatable bonds is 2. The molecule has 23 heavy (non-hydrogen) atoms. The summed E-state index contributed by atoms with van der Waals surface area (Å²) in [5, 5.41) is 0. The number of nitrogens with zero attached hydrogens (tertiary/aromatic N) is 1. The Hall–Kier alpha value is -1.60. The van der Waals surface area contributed by atoms with E-state index in [1.54, 1.807) is 29.2 Å². The van der Waals surface area contributed by atoms with Crippen LogP contribution in [0.2, 0.25) is 0 Å². The van der Waals surface area contributed by atoms with Gasteiger partial charge in [-0.25, -0.2) is 13.2 Å². The fourth-order valence-electron chi connectivity index (χ4n) is 2.62. The van der Waals surface area contributed by atoms with Crippen LogP contribution < -0.4 is 5.73 Å². The zero-order valence-electron chi connectivity index (χ0n) is 13.9. The third-order valence-corrected chi connectivity index (χ3v) is 4.88. The molecule has 2 atom stereocenters. The Balaban J connectivity index is 2.11. The predicted molar refractivity (Wildman–Crippen MR) is 88.1 cm³/mol. The van der Waals surface area contributed by atoms with E-state index in [4.69, 9.17) is 10.5 Å². The molecule has 2 rings (SSSR count). The van der Waals surface area contributed by atoms with Gasteiger partial charge in [0.25, 0.3) is 0 Å². The Labute approximate surface area is 137 Å². The minimum atomic E-state index is -3.22. The molecule has 1 aliphatic rings. The summed E-state index contributed by atoms with van der Waals surface area (Å²) in [6.45, 7) is 6.36. The van der Waals surface area contributed by atoms with Gasteiger partial charge in [-0.1, -0.05) is 12.1 Å². The lowest BCUT2D eigenvalue weighted by molar-refractivity contribution is 0.0290. The molecule has 0 radical (unpaired) electrons. The lowest BCUT2D eigenvalue weighted by Crippen LogP contribution is -2.36. The molecule has 1 heterocycles. The highest BCUT2D eigenvalue weighted by molar-refractivity contribution is 7.90. The van der Waals surface area contributed by atoms with Gasteiger partial charge in [-0.2, -0.15) is 0 Å². The molecule has 1 saturated heterocycles. The van der Waals surface area contributed by atoms with Gasteiger partial charge in [-0.05, 0) is 38.5 Å². The van der Waals surface area contributed by atoms with Gasteiger partial charge in [0.2, 0.25) is 0 Å². The highest BCUT2D eigenvalue weighted by Gasteiger charge is 2.36. The summed E-state index contributed by atoms with van der Waals surface area (Å²) >= 11 is 0. The highest BCUT2D eigenvalue weighted by Crippen LogP contribution is 2.28. The molecule has 1 aromatic carbocycles. The van der Waals surface area contributed by atoms with Gasteiger partial charge in [-0.3, -0.25) is 0 Å². The molecule has 0 aliphatic carbocycles. The van der Waals surface area contributed by atoms with E-state index in [9.17, 15) is 13.2 Å². The Morgan fingerprint density at radius 2 is 1.78 bits per heavy atom. The van der Waals surface area contributed by atoms with Gasteiger partial charge in [0.05, 0.1) is 4.90 Å². The van der Waals surface area contributed by atoms with Crippen LogP contribution in [0, 0.1) is 0 Å². The third-order valence-electron chi connectivity index (χ3n) is 3.75. The highest BCUT2D eigenvalue weighted by atomic mass is 32.2. The number of sulfone groups is 1. The molecule has 1 aliphatic heterocycles. The van der Waals surface area contributed by atoms with Crippen molar-refractivity contribution in [2.75, 3.05) is 19.3 Å². The predicted octanol–water partition coefficient (Wildman–Crippen LogP) is 1.75. The van der Waals surface area contributed by atoms with E-state index in [0.29, 0.717) is 13.1 Å². The van der Waals surface area contributed by atoms with E-state index in [1.165, 1.54) is 6.26 Å². The first-order valence-corrected chi connectivity index (χ1v) is 9.40. The molecule has 1 aromatic rings. The fourth-order valence-corrected chi connectivity index (χ4v) is 3.25. The second-order valence-corrected chi connectivity index (χ2v) is 9.01. The SMILES string of the molecule is CC(C)(C)OC(=O)N1CC(N)C(c2ccc(S(C)(=O)=O)cc2)C1. The second-order valence-electron chi connectivity index (χ2n) is 7.00. The number of carbonyl (C=O) groups is 1. The quantitative estimate of drug-likeness (QED) is 0.886. The minimum absolute atomic E-state index is 0.0314. The van der Waals surface area contributed by atoms with Crippen molar-refractivity contribution in [3.63, 3.8) is 0 Å². The van der Waals surface area contributed by atoms with Gasteiger partial charge >= 0.3 is 6.09 Å². The summed E-state index contributed by atoms with van der Waals surface area (Å²) in [6.07, 6.45) is 0.802. The van der Waals surface area contributed by atoms with E-state index < -0.39 is 15.4 Å². The number of benzene rings is 1. The molecule has 2 N–H and O–H groups in total. The van der Waals surface area contributed by atoms with E-state index in [1.807, 2.05) is 20.8 Å². The van der Waals surface area contributed by atoms with Crippen LogP contribution in [0.4, 0.5) is 4.79 Å². The van der Waals surface area contributed by atoms with Gasteiger partial charge < -0.3 is 15.4 Å². The van der Waals surface area contributed by atoms with Crippen molar-refractivity contribution in [3.8, 4) is 0 Å². The Morgan fingerprint density at radius 3 is 2.26 bits per heavy atom. The minimum Gasteiger partial charge on any atom is -0.444 e. The molecule has 2 unspecified atom stereocenters. The first-order chi connectivity index (χ1) is 10.5. The first kappa shape index (κ1) is 17.7. The average Bonchev–Trinajstić information content (AvgIpc) is 2.78. The molecular formula is C16H24N2O4S. The number of likely N-dealkylation sites (tertiary alicyclic amines) is 1. The molecule has 0 spiro atoms. The Kier molecular flexibility index (Phi) is 4.73. The zero-order valence-corrected chi connectivity index (χ0v) is 14.8. The maximum Gasteiger partial charge on any atom is 0.410 e.